The maximum absolute atomic E-state index is 11.8. The lowest BCUT2D eigenvalue weighted by Crippen LogP contribution is -2.39. The van der Waals surface area contributed by atoms with E-state index in [1.165, 1.54) is 0 Å². The molecular formula is C11H22BO7P. The molecule has 0 saturated carbocycles. The molecule has 0 aliphatic carbocycles. The van der Waals surface area contributed by atoms with Crippen LogP contribution in [0.1, 0.15) is 33.6 Å². The summed E-state index contributed by atoms with van der Waals surface area (Å²) in [6.45, 7) is 4.47. The maximum atomic E-state index is 11.8. The molecule has 3 unspecified atom stereocenters. The summed E-state index contributed by atoms with van der Waals surface area (Å²) in [5, 5.41) is 28.6. The van der Waals surface area contributed by atoms with E-state index in [1.807, 2.05) is 0 Å². The lowest BCUT2D eigenvalue weighted by atomic mass is 9.90. The summed E-state index contributed by atoms with van der Waals surface area (Å²) >= 11 is 0. The van der Waals surface area contributed by atoms with E-state index in [-0.39, 0.29) is 6.42 Å². The van der Waals surface area contributed by atoms with E-state index in [9.17, 15) is 24.8 Å². The normalized spacial score (nSPS) is 38.1. The molecule has 7 atom stereocenters. The third-order valence-electron chi connectivity index (χ3n) is 3.60. The van der Waals surface area contributed by atoms with Gasteiger partial charge in [-0.2, -0.15) is 0 Å². The van der Waals surface area contributed by atoms with Crippen molar-refractivity contribution in [1.29, 1.82) is 0 Å². The number of ether oxygens (including phenoxy) is 1. The highest BCUT2D eigenvalue weighted by molar-refractivity contribution is 7.53. The number of hydrogen-bond acceptors (Lipinski definition) is 6. The molecule has 0 spiro atoms. The van der Waals surface area contributed by atoms with Crippen molar-refractivity contribution >= 4 is 15.4 Å². The van der Waals surface area contributed by atoms with Crippen molar-refractivity contribution < 1.29 is 34.0 Å². The number of aliphatic hydroxyl groups excluding tert-OH is 3. The summed E-state index contributed by atoms with van der Waals surface area (Å²) in [4.78, 5) is 9.61. The lowest BCUT2D eigenvalue weighted by molar-refractivity contribution is -0.0395. The summed E-state index contributed by atoms with van der Waals surface area (Å²) in [6, 6.07) is -1.01. The highest BCUT2D eigenvalue weighted by Crippen LogP contribution is 2.51. The number of hydrogen-bond donors (Lipinski definition) is 4. The fourth-order valence-electron chi connectivity index (χ4n) is 2.01. The van der Waals surface area contributed by atoms with Crippen molar-refractivity contribution in [2.24, 2.45) is 0 Å². The Bertz CT molecular complexity index is 380. The lowest BCUT2D eigenvalue weighted by Gasteiger charge is -2.34. The third-order valence-corrected chi connectivity index (χ3v) is 5.25. The topological polar surface area (TPSA) is 116 Å². The van der Waals surface area contributed by atoms with Gasteiger partial charge in [0, 0.05) is 12.4 Å². The minimum absolute atomic E-state index is 0.0622. The first-order chi connectivity index (χ1) is 9.02. The van der Waals surface area contributed by atoms with Gasteiger partial charge in [0.15, 0.2) is 5.85 Å². The first-order valence-electron chi connectivity index (χ1n) is 6.51. The quantitative estimate of drug-likeness (QED) is 0.393. The Hall–Kier alpha value is 0.0549. The summed E-state index contributed by atoms with van der Waals surface area (Å²) in [7, 11) is 1.29. The Kier molecular flexibility index (Phi) is 5.83. The Balaban J connectivity index is 2.78. The van der Waals surface area contributed by atoms with Gasteiger partial charge in [-0.25, -0.2) is 0 Å². The molecule has 1 rings (SSSR count). The van der Waals surface area contributed by atoms with Crippen LogP contribution in [0.5, 0.6) is 0 Å². The van der Waals surface area contributed by atoms with Crippen LogP contribution >= 0.6 is 7.60 Å². The molecule has 0 aromatic carbocycles. The van der Waals surface area contributed by atoms with Crippen LogP contribution < -0.4 is 0 Å². The summed E-state index contributed by atoms with van der Waals surface area (Å²) < 4.78 is 22.2. The van der Waals surface area contributed by atoms with Gasteiger partial charge in [0.2, 0.25) is 0 Å². The van der Waals surface area contributed by atoms with Gasteiger partial charge in [-0.3, -0.25) is 4.57 Å². The van der Waals surface area contributed by atoms with Crippen LogP contribution in [0, 0.1) is 0 Å². The zero-order valence-electron chi connectivity index (χ0n) is 11.8. The van der Waals surface area contributed by atoms with Crippen LogP contribution in [0.15, 0.2) is 0 Å². The van der Waals surface area contributed by atoms with Crippen molar-refractivity contribution in [1.82, 2.24) is 0 Å². The molecular weight excluding hydrogens is 286 g/mol. The molecule has 4 N–H and O–H groups in total. The zero-order chi connectivity index (χ0) is 15.7. The van der Waals surface area contributed by atoms with Crippen molar-refractivity contribution in [3.05, 3.63) is 0 Å². The average Bonchev–Trinajstić information content (AvgIpc) is 2.56. The third kappa shape index (κ3) is 4.04. The maximum Gasteiger partial charge on any atom is 0.356 e. The fourth-order valence-corrected chi connectivity index (χ4v) is 3.00. The molecule has 2 radical (unpaired) electrons. The predicted molar refractivity (Wildman–Crippen MR) is 72.3 cm³/mol. The molecule has 7 nitrogen and oxygen atoms in total. The first-order valence-corrected chi connectivity index (χ1v) is 8.15. The molecule has 1 aliphatic heterocycles. The van der Waals surface area contributed by atoms with Crippen molar-refractivity contribution in [3.63, 3.8) is 0 Å². The van der Waals surface area contributed by atoms with Crippen LogP contribution in [0.3, 0.4) is 0 Å². The van der Waals surface area contributed by atoms with E-state index in [0.717, 1.165) is 6.92 Å². The predicted octanol–water partition coefficient (Wildman–Crippen LogP) is -0.299. The van der Waals surface area contributed by atoms with E-state index in [2.05, 4.69) is 0 Å². The number of rotatable bonds is 6. The molecule has 116 valence electrons. The zero-order valence-corrected chi connectivity index (χ0v) is 12.7. The molecule has 20 heavy (non-hydrogen) atoms. The van der Waals surface area contributed by atoms with Crippen molar-refractivity contribution in [3.8, 4) is 0 Å². The first kappa shape index (κ1) is 18.1. The second-order valence-electron chi connectivity index (χ2n) is 5.42. The molecule has 1 fully saturated rings. The Morgan fingerprint density at radius 3 is 2.35 bits per heavy atom. The largest absolute Gasteiger partial charge is 0.388 e. The summed E-state index contributed by atoms with van der Waals surface area (Å²) in [5.74, 6) is -1.52. The second-order valence-corrected chi connectivity index (χ2v) is 7.47. The van der Waals surface area contributed by atoms with Gasteiger partial charge in [-0.15, -0.1) is 0 Å². The van der Waals surface area contributed by atoms with Gasteiger partial charge < -0.3 is 29.5 Å². The van der Waals surface area contributed by atoms with E-state index in [4.69, 9.17) is 17.1 Å². The van der Waals surface area contributed by atoms with Gasteiger partial charge >= 0.3 is 7.60 Å². The van der Waals surface area contributed by atoms with Gasteiger partial charge in [-0.1, -0.05) is 6.92 Å². The summed E-state index contributed by atoms with van der Waals surface area (Å²) in [6.07, 6.45) is -2.80. The molecule has 0 aromatic heterocycles. The molecule has 0 aromatic rings. The molecule has 1 aliphatic rings. The van der Waals surface area contributed by atoms with Crippen LogP contribution in [0.4, 0.5) is 0 Å². The molecule has 9 heteroatoms. The van der Waals surface area contributed by atoms with Gasteiger partial charge in [0.25, 0.3) is 0 Å². The van der Waals surface area contributed by atoms with E-state index in [0.29, 0.717) is 6.42 Å². The van der Waals surface area contributed by atoms with Crippen molar-refractivity contribution in [2.45, 2.75) is 69.4 Å². The van der Waals surface area contributed by atoms with Crippen LogP contribution in [0.25, 0.3) is 0 Å². The minimum Gasteiger partial charge on any atom is -0.388 e. The Labute approximate surface area is 119 Å². The smallest absolute Gasteiger partial charge is 0.356 e. The fraction of sp³-hybridized carbons (Fsp3) is 1.00. The van der Waals surface area contributed by atoms with E-state index < -0.39 is 43.4 Å². The molecule has 1 saturated heterocycles. The van der Waals surface area contributed by atoms with E-state index >= 15 is 0 Å². The minimum atomic E-state index is -4.18. The van der Waals surface area contributed by atoms with Gasteiger partial charge in [0.1, 0.15) is 14.0 Å². The van der Waals surface area contributed by atoms with Crippen LogP contribution in [-0.2, 0) is 13.8 Å². The highest BCUT2D eigenvalue weighted by Gasteiger charge is 2.45. The standard InChI is InChI=1S/C11H22BO7P/c1-4-11(3,19-20(16,17)6(2)13)5-7-8(14)9(15)10(12)18-7/h6-10,13-15H,4-5H2,1-3H3,(H,16,17)/t6?,7-,8?,9+,10-,11-/m1/s1. The van der Waals surface area contributed by atoms with Crippen molar-refractivity contribution in [2.75, 3.05) is 0 Å². The average molecular weight is 308 g/mol. The molecule has 0 amide bonds. The van der Waals surface area contributed by atoms with Gasteiger partial charge in [0.05, 0.1) is 17.8 Å². The van der Waals surface area contributed by atoms with E-state index in [1.54, 1.807) is 13.8 Å². The molecule has 1 heterocycles. The summed E-state index contributed by atoms with van der Waals surface area (Å²) in [5.41, 5.74) is -1.10. The molecule has 0 bridgehead atoms. The van der Waals surface area contributed by atoms with Crippen LogP contribution in [-0.4, -0.2) is 63.8 Å². The SMILES string of the molecule is [B][C@@H]1O[C@H](C[C@@](C)(CC)OP(=O)(O)C(C)O)C(O)[C@@H]1O. The monoisotopic (exact) mass is 308 g/mol. The number of aliphatic hydroxyl groups is 3. The van der Waals surface area contributed by atoms with Crippen LogP contribution in [0.2, 0.25) is 0 Å². The second kappa shape index (κ2) is 6.44. The van der Waals surface area contributed by atoms with Gasteiger partial charge in [-0.05, 0) is 20.3 Å². The Morgan fingerprint density at radius 2 is 2.00 bits per heavy atom. The highest BCUT2D eigenvalue weighted by atomic mass is 31.2. The Morgan fingerprint density at radius 1 is 1.45 bits per heavy atom.